The number of rotatable bonds is 2. The lowest BCUT2D eigenvalue weighted by atomic mass is 9.98. The van der Waals surface area contributed by atoms with Crippen molar-refractivity contribution < 1.29 is 9.18 Å². The van der Waals surface area contributed by atoms with Crippen molar-refractivity contribution in [1.29, 1.82) is 0 Å². The average molecular weight is 328 g/mol. The van der Waals surface area contributed by atoms with Gasteiger partial charge in [0.15, 0.2) is 12.1 Å². The van der Waals surface area contributed by atoms with Crippen LogP contribution >= 0.6 is 27.5 Å². The maximum Gasteiger partial charge on any atom is 0.150 e. The minimum atomic E-state index is -0.528. The van der Waals surface area contributed by atoms with E-state index in [4.69, 9.17) is 11.6 Å². The van der Waals surface area contributed by atoms with Crippen molar-refractivity contribution in [2.75, 3.05) is 0 Å². The van der Waals surface area contributed by atoms with Crippen molar-refractivity contribution in [1.82, 2.24) is 0 Å². The van der Waals surface area contributed by atoms with Crippen molar-refractivity contribution in [3.63, 3.8) is 0 Å². The molecule has 0 heterocycles. The fraction of sp³-hybridized carbons (Fsp3) is 0.0714. The van der Waals surface area contributed by atoms with Crippen molar-refractivity contribution in [2.45, 2.75) is 6.92 Å². The van der Waals surface area contributed by atoms with Crippen LogP contribution in [0.3, 0.4) is 0 Å². The van der Waals surface area contributed by atoms with Gasteiger partial charge in [-0.25, -0.2) is 4.39 Å². The molecule has 92 valence electrons. The van der Waals surface area contributed by atoms with E-state index in [-0.39, 0.29) is 5.02 Å². The summed E-state index contributed by atoms with van der Waals surface area (Å²) in [5.41, 5.74) is 2.28. The molecule has 18 heavy (non-hydrogen) atoms. The molecule has 0 aliphatic rings. The first-order valence-corrected chi connectivity index (χ1v) is 6.41. The number of benzene rings is 2. The minimum Gasteiger partial charge on any atom is -0.298 e. The van der Waals surface area contributed by atoms with Crippen LogP contribution in [0.15, 0.2) is 34.8 Å². The Morgan fingerprint density at radius 1 is 1.22 bits per heavy atom. The molecule has 2 aromatic rings. The molecule has 0 aliphatic carbocycles. The Morgan fingerprint density at radius 3 is 2.61 bits per heavy atom. The van der Waals surface area contributed by atoms with Crippen LogP contribution in [0.5, 0.6) is 0 Å². The highest BCUT2D eigenvalue weighted by Gasteiger charge is 2.14. The summed E-state index contributed by atoms with van der Waals surface area (Å²) >= 11 is 9.02. The number of carbonyl (C=O) groups excluding carboxylic acids is 1. The van der Waals surface area contributed by atoms with Gasteiger partial charge < -0.3 is 0 Å². The molecule has 4 heteroatoms. The zero-order valence-electron chi connectivity index (χ0n) is 9.51. The highest BCUT2D eigenvalue weighted by molar-refractivity contribution is 9.10. The highest BCUT2D eigenvalue weighted by Crippen LogP contribution is 2.34. The topological polar surface area (TPSA) is 17.1 Å². The molecule has 0 saturated heterocycles. The quantitative estimate of drug-likeness (QED) is 0.558. The van der Waals surface area contributed by atoms with Gasteiger partial charge in [-0.15, -0.1) is 0 Å². The molecular weight excluding hydrogens is 319 g/mol. The predicted molar refractivity (Wildman–Crippen MR) is 74.7 cm³/mol. The molecule has 0 unspecified atom stereocenters. The van der Waals surface area contributed by atoms with Gasteiger partial charge in [-0.1, -0.05) is 41.4 Å². The maximum atomic E-state index is 14.1. The third-order valence-electron chi connectivity index (χ3n) is 2.66. The Bertz CT molecular complexity index is 625. The van der Waals surface area contributed by atoms with Gasteiger partial charge in [-0.3, -0.25) is 4.79 Å². The fourth-order valence-corrected chi connectivity index (χ4v) is 2.21. The molecule has 0 spiro atoms. The summed E-state index contributed by atoms with van der Waals surface area (Å²) in [4.78, 5) is 11.0. The number of carbonyl (C=O) groups is 1. The van der Waals surface area contributed by atoms with E-state index in [1.807, 2.05) is 13.0 Å². The lowest BCUT2D eigenvalue weighted by Crippen LogP contribution is -1.93. The van der Waals surface area contributed by atoms with Gasteiger partial charge in [-0.2, -0.15) is 0 Å². The van der Waals surface area contributed by atoms with E-state index in [9.17, 15) is 9.18 Å². The lowest BCUT2D eigenvalue weighted by molar-refractivity contribution is 0.112. The average Bonchev–Trinajstić information content (AvgIpc) is 2.36. The van der Waals surface area contributed by atoms with Gasteiger partial charge in [0.1, 0.15) is 0 Å². The smallest absolute Gasteiger partial charge is 0.150 e. The third-order valence-corrected chi connectivity index (χ3v) is 3.92. The monoisotopic (exact) mass is 326 g/mol. The minimum absolute atomic E-state index is 0.0193. The molecule has 1 nitrogen and oxygen atoms in total. The standard InChI is InChI=1S/C14H9BrClFO/c1-8-2-3-9(7-18)11(6-8)10-4-5-12(15)13(16)14(10)17/h2-7H,1H3. The van der Waals surface area contributed by atoms with E-state index in [1.54, 1.807) is 24.3 Å². The molecule has 0 amide bonds. The summed E-state index contributed by atoms with van der Waals surface area (Å²) in [5, 5.41) is 0.0193. The number of aryl methyl sites for hydroxylation is 1. The van der Waals surface area contributed by atoms with Gasteiger partial charge in [0.25, 0.3) is 0 Å². The van der Waals surface area contributed by atoms with Gasteiger partial charge in [0, 0.05) is 15.6 Å². The van der Waals surface area contributed by atoms with Gasteiger partial charge >= 0.3 is 0 Å². The SMILES string of the molecule is Cc1ccc(C=O)c(-c2ccc(Br)c(Cl)c2F)c1. The number of aldehydes is 1. The first-order valence-electron chi connectivity index (χ1n) is 5.24. The Labute approximate surface area is 118 Å². The van der Waals surface area contributed by atoms with Crippen LogP contribution in [0.4, 0.5) is 4.39 Å². The van der Waals surface area contributed by atoms with Crippen LogP contribution < -0.4 is 0 Å². The van der Waals surface area contributed by atoms with Gasteiger partial charge in [0.05, 0.1) is 5.02 Å². The highest BCUT2D eigenvalue weighted by atomic mass is 79.9. The van der Waals surface area contributed by atoms with Crippen molar-refractivity contribution in [3.8, 4) is 11.1 Å². The first-order chi connectivity index (χ1) is 8.54. The zero-order chi connectivity index (χ0) is 13.3. The maximum absolute atomic E-state index is 14.1. The van der Waals surface area contributed by atoms with Crippen LogP contribution in [0.2, 0.25) is 5.02 Å². The summed E-state index contributed by atoms with van der Waals surface area (Å²) < 4.78 is 14.6. The van der Waals surface area contributed by atoms with E-state index >= 15 is 0 Å². The predicted octanol–water partition coefficient (Wildman–Crippen LogP) is 5.03. The van der Waals surface area contributed by atoms with E-state index in [0.717, 1.165) is 5.56 Å². The summed E-state index contributed by atoms with van der Waals surface area (Å²) in [6.07, 6.45) is 0.712. The Kier molecular flexibility index (Phi) is 3.83. The lowest BCUT2D eigenvalue weighted by Gasteiger charge is -2.09. The Hall–Kier alpha value is -1.19. The molecule has 0 saturated carbocycles. The number of hydrogen-bond donors (Lipinski definition) is 0. The second-order valence-electron chi connectivity index (χ2n) is 3.93. The Balaban J connectivity index is 2.72. The molecule has 0 aliphatic heterocycles. The van der Waals surface area contributed by atoms with Gasteiger partial charge in [-0.05, 0) is 34.5 Å². The summed E-state index contributed by atoms with van der Waals surface area (Å²) in [7, 11) is 0. The molecule has 2 aromatic carbocycles. The van der Waals surface area contributed by atoms with Crippen molar-refractivity contribution in [2.24, 2.45) is 0 Å². The Morgan fingerprint density at radius 2 is 1.94 bits per heavy atom. The van der Waals surface area contributed by atoms with Crippen LogP contribution in [-0.2, 0) is 0 Å². The van der Waals surface area contributed by atoms with E-state index in [1.165, 1.54) is 0 Å². The largest absolute Gasteiger partial charge is 0.298 e. The molecule has 0 aromatic heterocycles. The molecular formula is C14H9BrClFO. The molecule has 0 radical (unpaired) electrons. The van der Waals surface area contributed by atoms with Crippen LogP contribution in [0.25, 0.3) is 11.1 Å². The second kappa shape index (κ2) is 5.21. The summed E-state index contributed by atoms with van der Waals surface area (Å²) in [6.45, 7) is 1.89. The number of hydrogen-bond acceptors (Lipinski definition) is 1. The molecule has 0 atom stereocenters. The molecule has 2 rings (SSSR count). The fourth-order valence-electron chi connectivity index (χ4n) is 1.74. The second-order valence-corrected chi connectivity index (χ2v) is 5.16. The summed E-state index contributed by atoms with van der Waals surface area (Å²) in [5.74, 6) is -0.528. The third kappa shape index (κ3) is 2.33. The van der Waals surface area contributed by atoms with Crippen LogP contribution in [0.1, 0.15) is 15.9 Å². The molecule has 0 fully saturated rings. The van der Waals surface area contributed by atoms with Crippen LogP contribution in [-0.4, -0.2) is 6.29 Å². The normalized spacial score (nSPS) is 10.4. The van der Waals surface area contributed by atoms with Crippen LogP contribution in [0, 0.1) is 12.7 Å². The van der Waals surface area contributed by atoms with E-state index in [2.05, 4.69) is 15.9 Å². The van der Waals surface area contributed by atoms with Crippen molar-refractivity contribution in [3.05, 3.63) is 56.8 Å². The molecule has 0 N–H and O–H groups in total. The first kappa shape index (κ1) is 13.2. The zero-order valence-corrected chi connectivity index (χ0v) is 11.8. The van der Waals surface area contributed by atoms with E-state index < -0.39 is 5.82 Å². The van der Waals surface area contributed by atoms with Gasteiger partial charge in [0.2, 0.25) is 0 Å². The number of halogens is 3. The summed E-state index contributed by atoms with van der Waals surface area (Å²) in [6, 6.07) is 8.52. The van der Waals surface area contributed by atoms with Crippen molar-refractivity contribution >= 4 is 33.8 Å². The van der Waals surface area contributed by atoms with E-state index in [0.29, 0.717) is 27.4 Å². The molecule has 0 bridgehead atoms.